The summed E-state index contributed by atoms with van der Waals surface area (Å²) < 4.78 is 3.96. The molecule has 3 aliphatic heterocycles. The number of carboxylic acid groups (broad SMARTS) is 1. The van der Waals surface area contributed by atoms with Crippen LogP contribution in [0.15, 0.2) is 0 Å². The van der Waals surface area contributed by atoms with E-state index in [4.69, 9.17) is 10.8 Å². The van der Waals surface area contributed by atoms with Gasteiger partial charge < -0.3 is 20.9 Å². The van der Waals surface area contributed by atoms with Gasteiger partial charge in [-0.15, -0.1) is 0 Å². The highest BCUT2D eigenvalue weighted by Gasteiger charge is 2.81. The zero-order valence-electron chi connectivity index (χ0n) is 12.5. The maximum absolute atomic E-state index is 12.1. The lowest BCUT2D eigenvalue weighted by Crippen LogP contribution is -2.82. The summed E-state index contributed by atoms with van der Waals surface area (Å²) in [6, 6.07) is 0. The molecule has 0 bridgehead atoms. The average molecular weight is 368 g/mol. The molecule has 3 heterocycles. The summed E-state index contributed by atoms with van der Waals surface area (Å²) in [4.78, 5) is 94.1. The molecule has 14 nitrogen and oxygen atoms in total. The molecule has 0 atom stereocenters. The van der Waals surface area contributed by atoms with Crippen LogP contribution in [-0.2, 0) is 43.1 Å². The minimum absolute atomic E-state index is 0.154. The van der Waals surface area contributed by atoms with Gasteiger partial charge in [-0.3, -0.25) is 33.8 Å². The third kappa shape index (κ3) is 1.49. The van der Waals surface area contributed by atoms with Gasteiger partial charge in [0.25, 0.3) is 29.5 Å². The second-order valence-electron chi connectivity index (χ2n) is 5.41. The van der Waals surface area contributed by atoms with Crippen LogP contribution in [0.1, 0.15) is 0 Å². The largest absolute Gasteiger partial charge is 0.480 e. The van der Waals surface area contributed by atoms with Gasteiger partial charge in [0.15, 0.2) is 0 Å². The lowest BCUT2D eigenvalue weighted by atomic mass is 9.73. The van der Waals surface area contributed by atoms with Crippen molar-refractivity contribution in [3.8, 4) is 0 Å². The van der Waals surface area contributed by atoms with Gasteiger partial charge >= 0.3 is 28.7 Å². The summed E-state index contributed by atoms with van der Waals surface area (Å²) in [6.07, 6.45) is 0. The molecule has 0 aromatic carbocycles. The van der Waals surface area contributed by atoms with Crippen LogP contribution in [0.25, 0.3) is 0 Å². The summed E-state index contributed by atoms with van der Waals surface area (Å²) in [6.45, 7) is -1.60. The van der Waals surface area contributed by atoms with Gasteiger partial charge in [-0.2, -0.15) is 0 Å². The van der Waals surface area contributed by atoms with E-state index in [2.05, 4.69) is 4.74 Å². The number of esters is 2. The van der Waals surface area contributed by atoms with Crippen molar-refractivity contribution in [1.82, 2.24) is 15.1 Å². The quantitative estimate of drug-likeness (QED) is 0.181. The molecule has 136 valence electrons. The second kappa shape index (κ2) is 4.92. The molecule has 3 aliphatic rings. The fourth-order valence-electron chi connectivity index (χ4n) is 2.79. The van der Waals surface area contributed by atoms with E-state index in [1.807, 2.05) is 5.32 Å². The highest BCUT2D eigenvalue weighted by molar-refractivity contribution is 6.50. The van der Waals surface area contributed by atoms with E-state index >= 15 is 0 Å². The molecule has 0 aromatic heterocycles. The van der Waals surface area contributed by atoms with Crippen molar-refractivity contribution >= 4 is 47.4 Å². The van der Waals surface area contributed by atoms with Crippen LogP contribution in [0.5, 0.6) is 0 Å². The van der Waals surface area contributed by atoms with Gasteiger partial charge in [0, 0.05) is 0 Å². The topological polar surface area (TPSA) is 211 Å². The minimum atomic E-state index is -3.08. The molecule has 0 aliphatic carbocycles. The van der Waals surface area contributed by atoms with Crippen molar-refractivity contribution in [1.29, 1.82) is 0 Å². The molecule has 3 fully saturated rings. The number of imide groups is 2. The number of ether oxygens (including phenoxy) is 1. The fraction of sp³-hybridized carbons (Fsp3) is 0.333. The number of nitrogens with two attached hydrogens (primary N) is 1. The zero-order chi connectivity index (χ0) is 19.6. The first kappa shape index (κ1) is 17.2. The van der Waals surface area contributed by atoms with Gasteiger partial charge in [0.1, 0.15) is 6.67 Å². The number of amides is 5. The number of cyclic esters (lactones) is 2. The normalized spacial score (nSPS) is 22.5. The number of likely N-dealkylation sites (tertiary alicyclic amines) is 2. The van der Waals surface area contributed by atoms with Crippen molar-refractivity contribution in [2.75, 3.05) is 13.3 Å². The number of carbonyl (C=O) groups excluding carboxylic acids is 7. The highest BCUT2D eigenvalue weighted by atomic mass is 16.6. The van der Waals surface area contributed by atoms with Crippen LogP contribution >= 0.6 is 0 Å². The Balaban J connectivity index is 1.80. The van der Waals surface area contributed by atoms with E-state index in [1.54, 1.807) is 0 Å². The Kier molecular flexibility index (Phi) is 3.24. The lowest BCUT2D eigenvalue weighted by molar-refractivity contribution is -0.214. The van der Waals surface area contributed by atoms with Crippen LogP contribution in [0.2, 0.25) is 0 Å². The molecule has 26 heavy (non-hydrogen) atoms. The van der Waals surface area contributed by atoms with E-state index in [1.165, 1.54) is 0 Å². The molecule has 14 heteroatoms. The third-order valence-electron chi connectivity index (χ3n) is 4.27. The first-order valence-electron chi connectivity index (χ1n) is 6.80. The van der Waals surface area contributed by atoms with Crippen molar-refractivity contribution in [3.63, 3.8) is 0 Å². The number of nitrogens with one attached hydrogen (secondary N) is 1. The number of carboxylic acids is 1. The minimum Gasteiger partial charge on any atom is -0.480 e. The Labute approximate surface area is 141 Å². The van der Waals surface area contributed by atoms with E-state index in [0.29, 0.717) is 0 Å². The molecule has 0 saturated carbocycles. The number of nitrogens with zero attached hydrogens (tertiary/aromatic N) is 2. The molecule has 4 N–H and O–H groups in total. The Morgan fingerprint density at radius 2 is 1.42 bits per heavy atom. The van der Waals surface area contributed by atoms with Gasteiger partial charge in [-0.25, -0.2) is 14.4 Å². The summed E-state index contributed by atoms with van der Waals surface area (Å²) in [5, 5.41) is 11.0. The maximum Gasteiger partial charge on any atom is 0.351 e. The fourth-order valence-corrected chi connectivity index (χ4v) is 2.79. The highest BCUT2D eigenvalue weighted by Crippen LogP contribution is 2.44. The smallest absolute Gasteiger partial charge is 0.351 e. The molecule has 0 aromatic rings. The molecule has 3 saturated heterocycles. The first-order valence-corrected chi connectivity index (χ1v) is 6.80. The predicted octanol–water partition coefficient (Wildman–Crippen LogP) is -5.15. The van der Waals surface area contributed by atoms with Gasteiger partial charge in [-0.05, 0) is 0 Å². The van der Waals surface area contributed by atoms with Gasteiger partial charge in [0.2, 0.25) is 0 Å². The monoisotopic (exact) mass is 368 g/mol. The number of carbonyl (C=O) groups is 8. The number of β-lactam (4-membered cyclic amide) rings is 4. The lowest BCUT2D eigenvalue weighted by Gasteiger charge is -2.49. The Hall–Kier alpha value is -3.68. The van der Waals surface area contributed by atoms with Crippen molar-refractivity contribution < 1.29 is 48.2 Å². The van der Waals surface area contributed by atoms with Crippen LogP contribution in [0.4, 0.5) is 0 Å². The standard InChI is InChI=1S/C12H8N4O10/c13-1-14-3(17)11(8(22)23)4(18)15(5(11)19)2-16-6(20)12(7(16)21)9(24)26-10(12)25/h1-2,13H2,(H,14,17)(H,22,23). The van der Waals surface area contributed by atoms with E-state index in [-0.39, 0.29) is 9.80 Å². The molecule has 5 amide bonds. The molecule has 1 spiro atoms. The Bertz CT molecular complexity index is 812. The molecular weight excluding hydrogens is 360 g/mol. The number of hydrogen-bond donors (Lipinski definition) is 3. The second-order valence-corrected chi connectivity index (χ2v) is 5.41. The maximum atomic E-state index is 12.1. The van der Waals surface area contributed by atoms with Crippen LogP contribution in [0.3, 0.4) is 0 Å². The zero-order valence-corrected chi connectivity index (χ0v) is 12.5. The third-order valence-corrected chi connectivity index (χ3v) is 4.27. The first-order chi connectivity index (χ1) is 12.1. The molecular formula is C12H8N4O10. The van der Waals surface area contributed by atoms with Crippen molar-refractivity contribution in [2.24, 2.45) is 16.6 Å². The van der Waals surface area contributed by atoms with E-state index in [9.17, 15) is 38.4 Å². The summed E-state index contributed by atoms with van der Waals surface area (Å²) in [7, 11) is 0. The molecule has 0 unspecified atom stereocenters. The summed E-state index contributed by atoms with van der Waals surface area (Å²) >= 11 is 0. The molecule has 3 rings (SSSR count). The average Bonchev–Trinajstić information content (AvgIpc) is 2.55. The van der Waals surface area contributed by atoms with Crippen molar-refractivity contribution in [2.45, 2.75) is 0 Å². The SMILES string of the molecule is NCNC(=O)C1(C(=O)O)C(=O)N(CN2C(=O)C3(C(=O)OC3=O)C2=O)C1=O. The summed E-state index contributed by atoms with van der Waals surface area (Å²) in [5.41, 5.74) is -0.676. The molecule has 0 radical (unpaired) electrons. The van der Waals surface area contributed by atoms with Gasteiger partial charge in [0.05, 0.1) is 6.67 Å². The Morgan fingerprint density at radius 1 is 0.962 bits per heavy atom. The van der Waals surface area contributed by atoms with Crippen LogP contribution < -0.4 is 11.1 Å². The predicted molar refractivity (Wildman–Crippen MR) is 69.4 cm³/mol. The van der Waals surface area contributed by atoms with Gasteiger partial charge in [-0.1, -0.05) is 0 Å². The number of aliphatic carboxylic acids is 1. The Morgan fingerprint density at radius 3 is 1.81 bits per heavy atom. The van der Waals surface area contributed by atoms with Crippen LogP contribution in [0, 0.1) is 10.8 Å². The van der Waals surface area contributed by atoms with Crippen LogP contribution in [-0.4, -0.2) is 75.7 Å². The van der Waals surface area contributed by atoms with E-state index < -0.39 is 71.6 Å². The van der Waals surface area contributed by atoms with E-state index in [0.717, 1.165) is 0 Å². The number of hydrogen-bond acceptors (Lipinski definition) is 10. The number of rotatable bonds is 5. The summed E-state index contributed by atoms with van der Waals surface area (Å²) in [5.74, 6) is -11.9. The van der Waals surface area contributed by atoms with Crippen molar-refractivity contribution in [3.05, 3.63) is 0 Å².